The molecule has 0 spiro atoms. The van der Waals surface area contributed by atoms with E-state index in [1.54, 1.807) is 0 Å². The van der Waals surface area contributed by atoms with Crippen molar-refractivity contribution in [3.63, 3.8) is 0 Å². The van der Waals surface area contributed by atoms with Crippen LogP contribution in [0.15, 0.2) is 12.1 Å². The van der Waals surface area contributed by atoms with E-state index in [-0.39, 0.29) is 12.3 Å². The molecule has 2 rings (SSSR count). The Labute approximate surface area is 127 Å². The number of thiophene rings is 1. The number of hydrogen-bond donors (Lipinski definition) is 2. The fourth-order valence-corrected chi connectivity index (χ4v) is 3.79. The lowest BCUT2D eigenvalue weighted by molar-refractivity contribution is -0.151. The van der Waals surface area contributed by atoms with Crippen LogP contribution in [0.25, 0.3) is 0 Å². The summed E-state index contributed by atoms with van der Waals surface area (Å²) in [5.41, 5.74) is -0.837. The molecule has 0 radical (unpaired) electrons. The van der Waals surface area contributed by atoms with Gasteiger partial charge in [-0.2, -0.15) is 0 Å². The van der Waals surface area contributed by atoms with Crippen LogP contribution in [0.5, 0.6) is 0 Å². The summed E-state index contributed by atoms with van der Waals surface area (Å²) in [4.78, 5) is 24.4. The van der Waals surface area contributed by atoms with Gasteiger partial charge in [0, 0.05) is 17.8 Å². The molecule has 1 fully saturated rings. The number of carbonyl (C=O) groups is 2. The van der Waals surface area contributed by atoms with Gasteiger partial charge < -0.3 is 10.4 Å². The summed E-state index contributed by atoms with van der Waals surface area (Å²) in [6.07, 6.45) is 3.82. The zero-order chi connectivity index (χ0) is 14.6. The van der Waals surface area contributed by atoms with Crippen molar-refractivity contribution in [1.29, 1.82) is 0 Å². The van der Waals surface area contributed by atoms with Crippen LogP contribution in [0.3, 0.4) is 0 Å². The molecule has 1 saturated carbocycles. The fraction of sp³-hybridized carbons (Fsp3) is 0.571. The number of carboxylic acid groups (broad SMARTS) is 1. The predicted molar refractivity (Wildman–Crippen MR) is 79.2 cm³/mol. The summed E-state index contributed by atoms with van der Waals surface area (Å²) >= 11 is 7.33. The van der Waals surface area contributed by atoms with Gasteiger partial charge in [-0.25, -0.2) is 0 Å². The molecular formula is C14H18ClNO3S. The second-order valence-electron chi connectivity index (χ2n) is 5.28. The fourth-order valence-electron chi connectivity index (χ4n) is 2.70. The number of nitrogens with one attached hydrogen (secondary N) is 1. The molecule has 4 nitrogen and oxygen atoms in total. The van der Waals surface area contributed by atoms with Crippen LogP contribution in [0.2, 0.25) is 4.34 Å². The molecule has 0 atom stereocenters. The van der Waals surface area contributed by atoms with E-state index in [4.69, 9.17) is 11.6 Å². The van der Waals surface area contributed by atoms with Gasteiger partial charge in [-0.1, -0.05) is 24.4 Å². The van der Waals surface area contributed by atoms with Gasteiger partial charge >= 0.3 is 5.97 Å². The van der Waals surface area contributed by atoms with Crippen molar-refractivity contribution < 1.29 is 14.7 Å². The zero-order valence-electron chi connectivity index (χ0n) is 11.2. The van der Waals surface area contributed by atoms with E-state index >= 15 is 0 Å². The third-order valence-electron chi connectivity index (χ3n) is 3.84. The molecule has 20 heavy (non-hydrogen) atoms. The van der Waals surface area contributed by atoms with Crippen LogP contribution in [-0.4, -0.2) is 23.5 Å². The average molecular weight is 316 g/mol. The average Bonchev–Trinajstić information content (AvgIpc) is 2.99. The van der Waals surface area contributed by atoms with E-state index in [1.807, 2.05) is 12.1 Å². The van der Waals surface area contributed by atoms with Gasteiger partial charge in [-0.15, -0.1) is 11.3 Å². The van der Waals surface area contributed by atoms with E-state index in [0.717, 1.165) is 28.5 Å². The van der Waals surface area contributed by atoms with E-state index in [9.17, 15) is 14.7 Å². The van der Waals surface area contributed by atoms with Gasteiger partial charge in [0.15, 0.2) is 0 Å². The third-order valence-corrected chi connectivity index (χ3v) is 5.13. The molecule has 1 aliphatic rings. The lowest BCUT2D eigenvalue weighted by Crippen LogP contribution is -2.36. The topological polar surface area (TPSA) is 66.4 Å². The highest BCUT2D eigenvalue weighted by atomic mass is 35.5. The molecule has 1 amide bonds. The van der Waals surface area contributed by atoms with Crippen LogP contribution in [0.1, 0.15) is 37.0 Å². The predicted octanol–water partition coefficient (Wildman–Crippen LogP) is 3.10. The second kappa shape index (κ2) is 6.59. The second-order valence-corrected chi connectivity index (χ2v) is 7.07. The zero-order valence-corrected chi connectivity index (χ0v) is 12.7. The van der Waals surface area contributed by atoms with Crippen LogP contribution < -0.4 is 5.32 Å². The Morgan fingerprint density at radius 2 is 2.05 bits per heavy atom. The molecule has 1 aliphatic carbocycles. The van der Waals surface area contributed by atoms with Crippen molar-refractivity contribution in [2.24, 2.45) is 5.41 Å². The van der Waals surface area contributed by atoms with Crippen LogP contribution >= 0.6 is 22.9 Å². The monoisotopic (exact) mass is 315 g/mol. The number of aliphatic carboxylic acids is 1. The summed E-state index contributed by atoms with van der Waals surface area (Å²) in [6, 6.07) is 3.77. The molecule has 0 unspecified atom stereocenters. The highest BCUT2D eigenvalue weighted by molar-refractivity contribution is 7.16. The molecule has 0 aliphatic heterocycles. The molecule has 1 aromatic heterocycles. The molecule has 0 aromatic carbocycles. The van der Waals surface area contributed by atoms with Gasteiger partial charge in [0.25, 0.3) is 0 Å². The lowest BCUT2D eigenvalue weighted by Gasteiger charge is -2.22. The van der Waals surface area contributed by atoms with Crippen LogP contribution in [0.4, 0.5) is 0 Å². The van der Waals surface area contributed by atoms with E-state index in [0.29, 0.717) is 19.4 Å². The van der Waals surface area contributed by atoms with Gasteiger partial charge in [0.2, 0.25) is 5.91 Å². The SMILES string of the molecule is O=C(CC1(C(=O)O)CCCC1)NCCc1ccc(Cl)s1. The van der Waals surface area contributed by atoms with Gasteiger partial charge in [-0.05, 0) is 31.4 Å². The maximum Gasteiger partial charge on any atom is 0.310 e. The van der Waals surface area contributed by atoms with Gasteiger partial charge in [0.05, 0.1) is 9.75 Å². The van der Waals surface area contributed by atoms with Crippen LogP contribution in [-0.2, 0) is 16.0 Å². The molecule has 2 N–H and O–H groups in total. The smallest absolute Gasteiger partial charge is 0.310 e. The van der Waals surface area contributed by atoms with Gasteiger partial charge in [-0.3, -0.25) is 9.59 Å². The maximum absolute atomic E-state index is 11.9. The molecule has 0 saturated heterocycles. The first kappa shape index (κ1) is 15.3. The summed E-state index contributed by atoms with van der Waals surface area (Å²) < 4.78 is 0.738. The number of hydrogen-bond acceptors (Lipinski definition) is 3. The molecule has 1 heterocycles. The van der Waals surface area contributed by atoms with E-state index in [2.05, 4.69) is 5.32 Å². The largest absolute Gasteiger partial charge is 0.481 e. The Bertz CT molecular complexity index is 494. The summed E-state index contributed by atoms with van der Waals surface area (Å²) in [5.74, 6) is -1.01. The lowest BCUT2D eigenvalue weighted by atomic mass is 9.82. The summed E-state index contributed by atoms with van der Waals surface area (Å²) in [6.45, 7) is 0.519. The summed E-state index contributed by atoms with van der Waals surface area (Å²) in [5, 5.41) is 12.1. The molecule has 110 valence electrons. The number of carboxylic acids is 1. The number of rotatable bonds is 6. The van der Waals surface area contributed by atoms with Crippen molar-refractivity contribution in [1.82, 2.24) is 5.32 Å². The minimum atomic E-state index is -0.838. The first-order valence-electron chi connectivity index (χ1n) is 6.76. The first-order chi connectivity index (χ1) is 9.52. The highest BCUT2D eigenvalue weighted by Gasteiger charge is 2.42. The molecule has 0 bridgehead atoms. The third kappa shape index (κ3) is 3.73. The first-order valence-corrected chi connectivity index (χ1v) is 7.96. The Kier molecular flexibility index (Phi) is 5.05. The minimum absolute atomic E-state index is 0.0908. The van der Waals surface area contributed by atoms with Crippen molar-refractivity contribution in [3.05, 3.63) is 21.3 Å². The van der Waals surface area contributed by atoms with Crippen molar-refractivity contribution >= 4 is 34.8 Å². The quantitative estimate of drug-likeness (QED) is 0.847. The standard InChI is InChI=1S/C14H18ClNO3S/c15-11-4-3-10(20-11)5-8-16-12(17)9-14(13(18)19)6-1-2-7-14/h3-4H,1-2,5-9H2,(H,16,17)(H,18,19). The van der Waals surface area contributed by atoms with Crippen molar-refractivity contribution in [2.75, 3.05) is 6.54 Å². The van der Waals surface area contributed by atoms with Gasteiger partial charge in [0.1, 0.15) is 0 Å². The minimum Gasteiger partial charge on any atom is -0.481 e. The Morgan fingerprint density at radius 1 is 1.35 bits per heavy atom. The maximum atomic E-state index is 11.9. The number of carbonyl (C=O) groups excluding carboxylic acids is 1. The van der Waals surface area contributed by atoms with Crippen molar-refractivity contribution in [3.8, 4) is 0 Å². The Balaban J connectivity index is 1.78. The number of amides is 1. The normalized spacial score (nSPS) is 17.1. The van der Waals surface area contributed by atoms with Crippen LogP contribution in [0, 0.1) is 5.41 Å². The number of halogens is 1. The highest BCUT2D eigenvalue weighted by Crippen LogP contribution is 2.41. The van der Waals surface area contributed by atoms with E-state index < -0.39 is 11.4 Å². The molecule has 6 heteroatoms. The Hall–Kier alpha value is -1.07. The van der Waals surface area contributed by atoms with E-state index in [1.165, 1.54) is 11.3 Å². The summed E-state index contributed by atoms with van der Waals surface area (Å²) in [7, 11) is 0. The molecular weight excluding hydrogens is 298 g/mol. The van der Waals surface area contributed by atoms with Crippen molar-refractivity contribution in [2.45, 2.75) is 38.5 Å². The molecule has 1 aromatic rings. The Morgan fingerprint density at radius 3 is 2.60 bits per heavy atom.